The molecular formula is C17H21F2NO3. The monoisotopic (exact) mass is 325 g/mol. The first-order valence-electron chi connectivity index (χ1n) is 8.06. The van der Waals surface area contributed by atoms with Crippen molar-refractivity contribution in [1.29, 1.82) is 0 Å². The quantitative estimate of drug-likeness (QED) is 0.923. The third kappa shape index (κ3) is 3.38. The zero-order chi connectivity index (χ0) is 16.4. The van der Waals surface area contributed by atoms with E-state index in [-0.39, 0.29) is 29.9 Å². The van der Waals surface area contributed by atoms with Crippen molar-refractivity contribution in [3.05, 3.63) is 35.4 Å². The van der Waals surface area contributed by atoms with Gasteiger partial charge in [-0.3, -0.25) is 4.79 Å². The molecule has 0 spiro atoms. The van der Waals surface area contributed by atoms with E-state index in [4.69, 9.17) is 4.74 Å². The van der Waals surface area contributed by atoms with E-state index in [0.29, 0.717) is 26.2 Å². The summed E-state index contributed by atoms with van der Waals surface area (Å²) < 4.78 is 32.5. The third-order valence-electron chi connectivity index (χ3n) is 4.85. The summed E-state index contributed by atoms with van der Waals surface area (Å²) in [6, 6.07) is 3.79. The standard InChI is InChI=1S/C17H21F2NO3/c18-13-4-1-3-11(17(13)19)9-16(22)20-7-2-5-14(20)12-10-23-8-6-15(12)21/h1,3-4,12,14-15,21H,2,5-10H2/t12-,14-,15+/m1/s1. The Morgan fingerprint density at radius 3 is 2.96 bits per heavy atom. The number of aliphatic hydroxyl groups excluding tert-OH is 1. The molecule has 1 N–H and O–H groups in total. The summed E-state index contributed by atoms with van der Waals surface area (Å²) in [5.74, 6) is -2.23. The smallest absolute Gasteiger partial charge is 0.227 e. The molecule has 2 heterocycles. The first-order valence-corrected chi connectivity index (χ1v) is 8.06. The second kappa shape index (κ2) is 6.93. The zero-order valence-corrected chi connectivity index (χ0v) is 12.9. The highest BCUT2D eigenvalue weighted by molar-refractivity contribution is 5.79. The van der Waals surface area contributed by atoms with Gasteiger partial charge >= 0.3 is 0 Å². The number of aliphatic hydroxyl groups is 1. The Morgan fingerprint density at radius 1 is 1.35 bits per heavy atom. The molecule has 0 aliphatic carbocycles. The molecule has 0 saturated carbocycles. The second-order valence-electron chi connectivity index (χ2n) is 6.28. The molecule has 0 bridgehead atoms. The van der Waals surface area contributed by atoms with Crippen LogP contribution in [0, 0.1) is 17.6 Å². The number of ether oxygens (including phenoxy) is 1. The lowest BCUT2D eigenvalue weighted by atomic mass is 9.89. The molecule has 23 heavy (non-hydrogen) atoms. The third-order valence-corrected chi connectivity index (χ3v) is 4.85. The Balaban J connectivity index is 1.72. The van der Waals surface area contributed by atoms with Gasteiger partial charge < -0.3 is 14.7 Å². The maximum absolute atomic E-state index is 13.8. The Morgan fingerprint density at radius 2 is 2.17 bits per heavy atom. The molecule has 2 aliphatic heterocycles. The van der Waals surface area contributed by atoms with Crippen molar-refractivity contribution in [2.45, 2.75) is 37.8 Å². The lowest BCUT2D eigenvalue weighted by Crippen LogP contribution is -2.48. The van der Waals surface area contributed by atoms with Crippen LogP contribution in [-0.2, 0) is 16.0 Å². The highest BCUT2D eigenvalue weighted by Gasteiger charge is 2.39. The SMILES string of the molecule is O=C(Cc1cccc(F)c1F)N1CCC[C@@H]1[C@H]1COCC[C@@H]1O. The van der Waals surface area contributed by atoms with Gasteiger partial charge in [0.2, 0.25) is 5.91 Å². The van der Waals surface area contributed by atoms with Crippen LogP contribution in [-0.4, -0.2) is 47.8 Å². The van der Waals surface area contributed by atoms with Crippen LogP contribution in [0.5, 0.6) is 0 Å². The summed E-state index contributed by atoms with van der Waals surface area (Å²) in [6.45, 7) is 1.56. The van der Waals surface area contributed by atoms with Crippen molar-refractivity contribution < 1.29 is 23.4 Å². The van der Waals surface area contributed by atoms with E-state index in [1.54, 1.807) is 4.90 Å². The van der Waals surface area contributed by atoms with Crippen molar-refractivity contribution in [1.82, 2.24) is 4.90 Å². The van der Waals surface area contributed by atoms with Crippen molar-refractivity contribution in [3.8, 4) is 0 Å². The van der Waals surface area contributed by atoms with Gasteiger partial charge in [0.1, 0.15) is 0 Å². The van der Waals surface area contributed by atoms with Crippen LogP contribution in [0.15, 0.2) is 18.2 Å². The van der Waals surface area contributed by atoms with Gasteiger partial charge in [-0.2, -0.15) is 0 Å². The maximum Gasteiger partial charge on any atom is 0.227 e. The first kappa shape index (κ1) is 16.3. The Kier molecular flexibility index (Phi) is 4.92. The molecule has 3 atom stereocenters. The molecule has 2 fully saturated rings. The summed E-state index contributed by atoms with van der Waals surface area (Å²) in [7, 11) is 0. The van der Waals surface area contributed by atoms with E-state index in [2.05, 4.69) is 0 Å². The van der Waals surface area contributed by atoms with Crippen molar-refractivity contribution in [2.24, 2.45) is 5.92 Å². The number of rotatable bonds is 3. The number of carbonyl (C=O) groups is 1. The molecule has 126 valence electrons. The minimum absolute atomic E-state index is 0.0705. The zero-order valence-electron chi connectivity index (χ0n) is 12.9. The predicted molar refractivity (Wildman–Crippen MR) is 79.7 cm³/mol. The fourth-order valence-electron chi connectivity index (χ4n) is 3.61. The summed E-state index contributed by atoms with van der Waals surface area (Å²) in [5.41, 5.74) is 0.0705. The maximum atomic E-state index is 13.8. The van der Waals surface area contributed by atoms with Crippen LogP contribution in [0.4, 0.5) is 8.78 Å². The molecule has 0 aromatic heterocycles. The lowest BCUT2D eigenvalue weighted by Gasteiger charge is -2.37. The Hall–Kier alpha value is -1.53. The number of halogens is 2. The molecule has 1 aromatic carbocycles. The molecule has 0 unspecified atom stereocenters. The van der Waals surface area contributed by atoms with Crippen molar-refractivity contribution in [3.63, 3.8) is 0 Å². The minimum atomic E-state index is -0.961. The number of hydrogen-bond acceptors (Lipinski definition) is 3. The van der Waals surface area contributed by atoms with Gasteiger partial charge in [0.05, 0.1) is 19.1 Å². The van der Waals surface area contributed by atoms with E-state index in [1.807, 2.05) is 0 Å². The molecule has 0 radical (unpaired) electrons. The van der Waals surface area contributed by atoms with Crippen LogP contribution in [0.1, 0.15) is 24.8 Å². The van der Waals surface area contributed by atoms with E-state index in [0.717, 1.165) is 18.9 Å². The highest BCUT2D eigenvalue weighted by atomic mass is 19.2. The van der Waals surface area contributed by atoms with Crippen LogP contribution in [0.3, 0.4) is 0 Å². The van der Waals surface area contributed by atoms with E-state index in [9.17, 15) is 18.7 Å². The molecule has 4 nitrogen and oxygen atoms in total. The molecule has 6 heteroatoms. The van der Waals surface area contributed by atoms with Crippen LogP contribution in [0.2, 0.25) is 0 Å². The van der Waals surface area contributed by atoms with Gasteiger partial charge in [0, 0.05) is 30.7 Å². The van der Waals surface area contributed by atoms with Gasteiger partial charge in [-0.1, -0.05) is 12.1 Å². The largest absolute Gasteiger partial charge is 0.393 e. The number of benzene rings is 1. The van der Waals surface area contributed by atoms with E-state index >= 15 is 0 Å². The summed E-state index contributed by atoms with van der Waals surface area (Å²) in [6.07, 6.45) is 1.59. The average molecular weight is 325 g/mol. The van der Waals surface area contributed by atoms with Crippen LogP contribution < -0.4 is 0 Å². The van der Waals surface area contributed by atoms with Gasteiger partial charge in [-0.05, 0) is 25.3 Å². The number of likely N-dealkylation sites (tertiary alicyclic amines) is 1. The summed E-state index contributed by atoms with van der Waals surface area (Å²) in [4.78, 5) is 14.3. The molecule has 2 saturated heterocycles. The van der Waals surface area contributed by atoms with E-state index < -0.39 is 17.7 Å². The molecule has 2 aliphatic rings. The fourth-order valence-corrected chi connectivity index (χ4v) is 3.61. The van der Waals surface area contributed by atoms with E-state index in [1.165, 1.54) is 12.1 Å². The first-order chi connectivity index (χ1) is 11.1. The molecular weight excluding hydrogens is 304 g/mol. The molecule has 1 aromatic rings. The van der Waals surface area contributed by atoms with Crippen LogP contribution >= 0.6 is 0 Å². The van der Waals surface area contributed by atoms with Gasteiger partial charge in [-0.15, -0.1) is 0 Å². The lowest BCUT2D eigenvalue weighted by molar-refractivity contribution is -0.135. The Labute approximate surface area is 134 Å². The van der Waals surface area contributed by atoms with Crippen molar-refractivity contribution in [2.75, 3.05) is 19.8 Å². The fraction of sp³-hybridized carbons (Fsp3) is 0.588. The highest BCUT2D eigenvalue weighted by Crippen LogP contribution is 2.30. The normalized spacial score (nSPS) is 28.1. The average Bonchev–Trinajstić information content (AvgIpc) is 3.02. The molecule has 1 amide bonds. The minimum Gasteiger partial charge on any atom is -0.393 e. The molecule has 3 rings (SSSR count). The van der Waals surface area contributed by atoms with Gasteiger partial charge in [0.15, 0.2) is 11.6 Å². The summed E-state index contributed by atoms with van der Waals surface area (Å²) in [5, 5.41) is 10.2. The predicted octanol–water partition coefficient (Wildman–Crippen LogP) is 1.90. The number of amides is 1. The van der Waals surface area contributed by atoms with Crippen LogP contribution in [0.25, 0.3) is 0 Å². The van der Waals surface area contributed by atoms with Gasteiger partial charge in [-0.25, -0.2) is 8.78 Å². The number of carbonyl (C=O) groups excluding carboxylic acids is 1. The van der Waals surface area contributed by atoms with Gasteiger partial charge in [0.25, 0.3) is 0 Å². The second-order valence-corrected chi connectivity index (χ2v) is 6.28. The summed E-state index contributed by atoms with van der Waals surface area (Å²) >= 11 is 0. The van der Waals surface area contributed by atoms with Crippen molar-refractivity contribution >= 4 is 5.91 Å². The number of hydrogen-bond donors (Lipinski definition) is 1. The topological polar surface area (TPSA) is 49.8 Å². The Bertz CT molecular complexity index is 581. The number of nitrogens with zero attached hydrogens (tertiary/aromatic N) is 1.